The second-order valence-corrected chi connectivity index (χ2v) is 4.49. The summed E-state index contributed by atoms with van der Waals surface area (Å²) in [6.45, 7) is 0.682. The van der Waals surface area contributed by atoms with Crippen LogP contribution in [0.2, 0.25) is 0 Å². The third-order valence-corrected chi connectivity index (χ3v) is 3.29. The lowest BCUT2D eigenvalue weighted by Gasteiger charge is -2.13. The highest BCUT2D eigenvalue weighted by molar-refractivity contribution is 7.09. The van der Waals surface area contributed by atoms with Gasteiger partial charge in [0.2, 0.25) is 0 Å². The number of nitrogens with two attached hydrogens (primary N) is 1. The van der Waals surface area contributed by atoms with Gasteiger partial charge >= 0.3 is 0 Å². The van der Waals surface area contributed by atoms with Crippen LogP contribution >= 0.6 is 11.3 Å². The molecule has 0 spiro atoms. The molecule has 0 bridgehead atoms. The van der Waals surface area contributed by atoms with Crippen molar-refractivity contribution in [2.75, 3.05) is 6.54 Å². The van der Waals surface area contributed by atoms with E-state index in [-0.39, 0.29) is 0 Å². The summed E-state index contributed by atoms with van der Waals surface area (Å²) in [6.07, 6.45) is 2.92. The van der Waals surface area contributed by atoms with Gasteiger partial charge in [-0.1, -0.05) is 30.3 Å². The van der Waals surface area contributed by atoms with Crippen LogP contribution in [0.3, 0.4) is 0 Å². The van der Waals surface area contributed by atoms with Crippen molar-refractivity contribution in [3.05, 3.63) is 52.5 Å². The van der Waals surface area contributed by atoms with E-state index in [1.165, 1.54) is 10.4 Å². The van der Waals surface area contributed by atoms with Crippen LogP contribution in [0.25, 0.3) is 0 Å². The molecule has 1 aromatic heterocycles. The summed E-state index contributed by atoms with van der Waals surface area (Å²) in [4.78, 5) is 5.38. The Balaban J connectivity index is 2.12. The number of benzene rings is 1. The Kier molecular flexibility index (Phi) is 3.48. The maximum Gasteiger partial charge on any atom is 0.0794 e. The van der Waals surface area contributed by atoms with Gasteiger partial charge in [0.25, 0.3) is 0 Å². The minimum atomic E-state index is 0.409. The predicted octanol–water partition coefficient (Wildman–Crippen LogP) is 2.43. The van der Waals surface area contributed by atoms with Crippen LogP contribution in [-0.2, 0) is 6.42 Å². The van der Waals surface area contributed by atoms with Gasteiger partial charge in [0.05, 0.1) is 5.51 Å². The first kappa shape index (κ1) is 10.3. The van der Waals surface area contributed by atoms with Crippen molar-refractivity contribution in [1.82, 2.24) is 4.98 Å². The molecule has 0 aliphatic carbocycles. The minimum absolute atomic E-state index is 0.409. The lowest BCUT2D eigenvalue weighted by molar-refractivity contribution is 0.700. The van der Waals surface area contributed by atoms with Crippen LogP contribution in [0.5, 0.6) is 0 Å². The van der Waals surface area contributed by atoms with Gasteiger partial charge in [0, 0.05) is 17.0 Å². The molecule has 0 saturated carbocycles. The molecule has 2 aromatic rings. The Bertz CT molecular complexity index is 383. The highest BCUT2D eigenvalue weighted by Crippen LogP contribution is 2.21. The smallest absolute Gasteiger partial charge is 0.0794 e. The van der Waals surface area contributed by atoms with E-state index >= 15 is 0 Å². The van der Waals surface area contributed by atoms with E-state index in [1.54, 1.807) is 11.3 Å². The number of hydrogen-bond acceptors (Lipinski definition) is 3. The summed E-state index contributed by atoms with van der Waals surface area (Å²) in [5.41, 5.74) is 8.99. The van der Waals surface area contributed by atoms with E-state index in [9.17, 15) is 0 Å². The lowest BCUT2D eigenvalue weighted by atomic mass is 9.95. The fourth-order valence-corrected chi connectivity index (χ4v) is 2.32. The van der Waals surface area contributed by atoms with E-state index in [4.69, 9.17) is 5.73 Å². The highest BCUT2D eigenvalue weighted by atomic mass is 32.1. The molecule has 0 radical (unpaired) electrons. The zero-order valence-corrected chi connectivity index (χ0v) is 9.28. The Hall–Kier alpha value is -1.19. The molecule has 0 aliphatic heterocycles. The van der Waals surface area contributed by atoms with Crippen LogP contribution in [-0.4, -0.2) is 11.5 Å². The first-order valence-corrected chi connectivity index (χ1v) is 5.90. The van der Waals surface area contributed by atoms with E-state index in [2.05, 4.69) is 29.2 Å². The number of thiazole rings is 1. The molecule has 1 aromatic carbocycles. The normalized spacial score (nSPS) is 12.6. The lowest BCUT2D eigenvalue weighted by Crippen LogP contribution is -2.14. The number of rotatable bonds is 4. The zero-order valence-electron chi connectivity index (χ0n) is 8.47. The molecule has 2 nitrogen and oxygen atoms in total. The Morgan fingerprint density at radius 1 is 1.27 bits per heavy atom. The summed E-state index contributed by atoms with van der Waals surface area (Å²) < 4.78 is 0. The number of hydrogen-bond donors (Lipinski definition) is 1. The minimum Gasteiger partial charge on any atom is -0.330 e. The third-order valence-electron chi connectivity index (χ3n) is 2.49. The van der Waals surface area contributed by atoms with Crippen LogP contribution in [0.1, 0.15) is 16.4 Å². The van der Waals surface area contributed by atoms with E-state index in [0.717, 1.165) is 6.42 Å². The molecule has 0 saturated heterocycles. The second-order valence-electron chi connectivity index (χ2n) is 3.52. The standard InChI is InChI=1S/C12H14N2S/c13-7-11(6-12-8-14-9-15-12)10-4-2-1-3-5-10/h1-5,8-9,11H,6-7,13H2. The fraction of sp³-hybridized carbons (Fsp3) is 0.250. The van der Waals surface area contributed by atoms with Crippen LogP contribution < -0.4 is 5.73 Å². The summed E-state index contributed by atoms with van der Waals surface area (Å²) in [5, 5.41) is 0. The van der Waals surface area contributed by atoms with Crippen molar-refractivity contribution < 1.29 is 0 Å². The molecule has 1 atom stereocenters. The largest absolute Gasteiger partial charge is 0.330 e. The SMILES string of the molecule is NCC(Cc1cncs1)c1ccccc1. The van der Waals surface area contributed by atoms with Crippen molar-refractivity contribution in [1.29, 1.82) is 0 Å². The van der Waals surface area contributed by atoms with E-state index in [1.807, 2.05) is 17.8 Å². The Morgan fingerprint density at radius 3 is 2.67 bits per heavy atom. The quantitative estimate of drug-likeness (QED) is 0.856. The van der Waals surface area contributed by atoms with Crippen LogP contribution in [0.15, 0.2) is 42.0 Å². The van der Waals surface area contributed by atoms with Gasteiger partial charge in [-0.25, -0.2) is 0 Å². The molecule has 15 heavy (non-hydrogen) atoms. The molecule has 0 aliphatic rings. The van der Waals surface area contributed by atoms with Crippen molar-refractivity contribution in [2.24, 2.45) is 5.73 Å². The van der Waals surface area contributed by atoms with Gasteiger partial charge < -0.3 is 5.73 Å². The molecule has 78 valence electrons. The molecule has 2 rings (SSSR count). The Morgan fingerprint density at radius 2 is 2.07 bits per heavy atom. The summed E-state index contributed by atoms with van der Waals surface area (Å²) >= 11 is 1.69. The van der Waals surface area contributed by atoms with Crippen LogP contribution in [0, 0.1) is 0 Å². The zero-order chi connectivity index (χ0) is 10.5. The molecule has 2 N–H and O–H groups in total. The average molecular weight is 218 g/mol. The maximum atomic E-state index is 5.81. The molecule has 0 amide bonds. The average Bonchev–Trinajstić information content (AvgIpc) is 2.80. The molecular formula is C12H14N2S. The topological polar surface area (TPSA) is 38.9 Å². The molecular weight excluding hydrogens is 204 g/mol. The van der Waals surface area contributed by atoms with Gasteiger partial charge in [-0.05, 0) is 18.5 Å². The van der Waals surface area contributed by atoms with Gasteiger partial charge in [0.1, 0.15) is 0 Å². The second kappa shape index (κ2) is 5.05. The monoisotopic (exact) mass is 218 g/mol. The van der Waals surface area contributed by atoms with Crippen molar-refractivity contribution >= 4 is 11.3 Å². The molecule has 0 fully saturated rings. The highest BCUT2D eigenvalue weighted by Gasteiger charge is 2.10. The summed E-state index contributed by atoms with van der Waals surface area (Å²) in [6, 6.07) is 10.4. The van der Waals surface area contributed by atoms with Crippen molar-refractivity contribution in [2.45, 2.75) is 12.3 Å². The third kappa shape index (κ3) is 2.64. The molecule has 1 heterocycles. The van der Waals surface area contributed by atoms with Gasteiger partial charge in [-0.3, -0.25) is 4.98 Å². The van der Waals surface area contributed by atoms with Gasteiger partial charge in [-0.15, -0.1) is 11.3 Å². The molecule has 3 heteroatoms. The number of nitrogens with zero attached hydrogens (tertiary/aromatic N) is 1. The fourth-order valence-electron chi connectivity index (χ4n) is 1.65. The van der Waals surface area contributed by atoms with Crippen molar-refractivity contribution in [3.63, 3.8) is 0 Å². The van der Waals surface area contributed by atoms with Crippen LogP contribution in [0.4, 0.5) is 0 Å². The van der Waals surface area contributed by atoms with E-state index in [0.29, 0.717) is 12.5 Å². The van der Waals surface area contributed by atoms with Crippen molar-refractivity contribution in [3.8, 4) is 0 Å². The first-order valence-electron chi connectivity index (χ1n) is 5.02. The first-order chi connectivity index (χ1) is 7.40. The summed E-state index contributed by atoms with van der Waals surface area (Å²) in [5.74, 6) is 0.409. The summed E-state index contributed by atoms with van der Waals surface area (Å²) in [7, 11) is 0. The maximum absolute atomic E-state index is 5.81. The predicted molar refractivity (Wildman–Crippen MR) is 64.1 cm³/mol. The number of aromatic nitrogens is 1. The molecule has 1 unspecified atom stereocenters. The Labute approximate surface area is 93.8 Å². The van der Waals surface area contributed by atoms with Gasteiger partial charge in [-0.2, -0.15) is 0 Å². The van der Waals surface area contributed by atoms with Gasteiger partial charge in [0.15, 0.2) is 0 Å². The van der Waals surface area contributed by atoms with E-state index < -0.39 is 0 Å².